The number of thioether (sulfide) groups is 1. The zero-order valence-corrected chi connectivity index (χ0v) is 15.1. The van der Waals surface area contributed by atoms with Crippen LogP contribution in [0.3, 0.4) is 0 Å². The zero-order chi connectivity index (χ0) is 17.8. The molecule has 2 aliphatic rings. The van der Waals surface area contributed by atoms with Gasteiger partial charge >= 0.3 is 11.9 Å². The fourth-order valence-electron chi connectivity index (χ4n) is 2.40. The Morgan fingerprint density at radius 3 is 2.43 bits per heavy atom. The Bertz CT molecular complexity index is 560. The minimum atomic E-state index is -2.49. The van der Waals surface area contributed by atoms with Crippen LogP contribution in [0.4, 0.5) is 4.39 Å². The van der Waals surface area contributed by atoms with Crippen molar-refractivity contribution < 1.29 is 28.2 Å². The van der Waals surface area contributed by atoms with E-state index in [2.05, 4.69) is 0 Å². The molecule has 6 nitrogen and oxygen atoms in total. The van der Waals surface area contributed by atoms with E-state index >= 15 is 0 Å². The van der Waals surface area contributed by atoms with Crippen molar-refractivity contribution in [2.75, 3.05) is 6.79 Å². The molecule has 130 valence electrons. The maximum atomic E-state index is 14.0. The number of carbonyl (C=O) groups excluding carboxylic acids is 3. The molecule has 0 spiro atoms. The second kappa shape index (κ2) is 5.51. The van der Waals surface area contributed by atoms with Crippen LogP contribution >= 0.6 is 23.4 Å². The Labute approximate surface area is 143 Å². The van der Waals surface area contributed by atoms with Gasteiger partial charge in [0.25, 0.3) is 11.0 Å². The van der Waals surface area contributed by atoms with E-state index in [9.17, 15) is 18.8 Å². The summed E-state index contributed by atoms with van der Waals surface area (Å²) >= 11 is 6.65. The number of nitrogens with zero attached hydrogens (tertiary/aromatic N) is 1. The van der Waals surface area contributed by atoms with Crippen LogP contribution < -0.4 is 0 Å². The van der Waals surface area contributed by atoms with E-state index in [0.29, 0.717) is 0 Å². The van der Waals surface area contributed by atoms with Gasteiger partial charge in [-0.25, -0.2) is 9.18 Å². The van der Waals surface area contributed by atoms with Crippen LogP contribution in [0.5, 0.6) is 0 Å². The highest BCUT2D eigenvalue weighted by Crippen LogP contribution is 2.57. The molecule has 3 atom stereocenters. The van der Waals surface area contributed by atoms with Gasteiger partial charge in [0.15, 0.2) is 0 Å². The molecule has 0 N–H and O–H groups in total. The van der Waals surface area contributed by atoms with Gasteiger partial charge in [0, 0.05) is 4.75 Å². The monoisotopic (exact) mass is 367 g/mol. The van der Waals surface area contributed by atoms with Gasteiger partial charge in [-0.05, 0) is 34.6 Å². The number of fused-ring (bicyclic) bond motifs is 1. The van der Waals surface area contributed by atoms with Crippen LogP contribution in [0.15, 0.2) is 0 Å². The van der Waals surface area contributed by atoms with Crippen LogP contribution in [0.1, 0.15) is 34.6 Å². The Morgan fingerprint density at radius 2 is 1.91 bits per heavy atom. The molecule has 0 aromatic rings. The maximum Gasteiger partial charge on any atom is 0.333 e. The Kier molecular flexibility index (Phi) is 4.39. The predicted molar refractivity (Wildman–Crippen MR) is 82.3 cm³/mol. The van der Waals surface area contributed by atoms with Crippen molar-refractivity contribution in [1.82, 2.24) is 4.90 Å². The molecule has 0 unspecified atom stereocenters. The molecule has 0 radical (unpaired) electrons. The van der Waals surface area contributed by atoms with Gasteiger partial charge in [-0.2, -0.15) is 0 Å². The lowest BCUT2D eigenvalue weighted by Crippen LogP contribution is -2.69. The highest BCUT2D eigenvalue weighted by Gasteiger charge is 2.72. The number of alkyl halides is 2. The molecule has 0 aromatic carbocycles. The summed E-state index contributed by atoms with van der Waals surface area (Å²) in [6.07, 6.45) is 0. The normalized spacial score (nSPS) is 32.1. The number of carbonyl (C=O) groups is 3. The van der Waals surface area contributed by atoms with Gasteiger partial charge in [0.2, 0.25) is 6.79 Å². The highest BCUT2D eigenvalue weighted by atomic mass is 35.5. The molecular formula is C14H19ClFNO5S. The largest absolute Gasteiger partial charge is 0.427 e. The summed E-state index contributed by atoms with van der Waals surface area (Å²) in [4.78, 5) is 36.7. The number of halogens is 2. The van der Waals surface area contributed by atoms with Crippen LogP contribution in [0.25, 0.3) is 0 Å². The molecule has 0 aromatic heterocycles. The van der Waals surface area contributed by atoms with Crippen molar-refractivity contribution in [2.24, 2.45) is 5.41 Å². The van der Waals surface area contributed by atoms with Gasteiger partial charge < -0.3 is 14.4 Å². The summed E-state index contributed by atoms with van der Waals surface area (Å²) in [6, 6.07) is -0.985. The predicted octanol–water partition coefficient (Wildman–Crippen LogP) is 2.04. The van der Waals surface area contributed by atoms with Crippen molar-refractivity contribution in [3.8, 4) is 0 Å². The van der Waals surface area contributed by atoms with E-state index in [0.717, 1.165) is 16.7 Å². The third-order valence-electron chi connectivity index (χ3n) is 3.66. The molecule has 2 saturated heterocycles. The Hall–Kier alpha value is -1.02. The minimum absolute atomic E-state index is 0.521. The van der Waals surface area contributed by atoms with Crippen molar-refractivity contribution in [3.05, 3.63) is 0 Å². The number of hydrogen-bond donors (Lipinski definition) is 0. The van der Waals surface area contributed by atoms with Gasteiger partial charge in [0.05, 0.1) is 5.41 Å². The molecule has 2 heterocycles. The van der Waals surface area contributed by atoms with E-state index in [-0.39, 0.29) is 0 Å². The average Bonchev–Trinajstić information content (AvgIpc) is 2.67. The lowest BCUT2D eigenvalue weighted by Gasteiger charge is -2.44. The third kappa shape index (κ3) is 3.03. The van der Waals surface area contributed by atoms with Crippen molar-refractivity contribution in [3.63, 3.8) is 0 Å². The maximum absolute atomic E-state index is 14.0. The molecule has 2 rings (SSSR count). The first-order valence-corrected chi connectivity index (χ1v) is 8.28. The van der Waals surface area contributed by atoms with Gasteiger partial charge in [-0.1, -0.05) is 11.6 Å². The fourth-order valence-corrected chi connectivity index (χ4v) is 4.23. The van der Waals surface area contributed by atoms with Crippen LogP contribution in [0, 0.1) is 5.41 Å². The number of amides is 1. The van der Waals surface area contributed by atoms with E-state index < -0.39 is 51.3 Å². The minimum Gasteiger partial charge on any atom is -0.427 e. The molecule has 0 bridgehead atoms. The lowest BCUT2D eigenvalue weighted by molar-refractivity contribution is -0.182. The van der Waals surface area contributed by atoms with Crippen LogP contribution in [-0.2, 0) is 23.9 Å². The first-order valence-electron chi connectivity index (χ1n) is 7.02. The lowest BCUT2D eigenvalue weighted by atomic mass is 9.97. The smallest absolute Gasteiger partial charge is 0.333 e. The molecule has 2 aliphatic heterocycles. The van der Waals surface area contributed by atoms with Gasteiger partial charge in [-0.3, -0.25) is 9.59 Å². The number of rotatable bonds is 3. The topological polar surface area (TPSA) is 72.9 Å². The molecule has 0 aliphatic carbocycles. The summed E-state index contributed by atoms with van der Waals surface area (Å²) in [5.74, 6) is -2.23. The third-order valence-corrected chi connectivity index (χ3v) is 5.77. The van der Waals surface area contributed by atoms with Crippen molar-refractivity contribution in [1.29, 1.82) is 0 Å². The first-order chi connectivity index (χ1) is 10.3. The Morgan fingerprint density at radius 1 is 1.35 bits per heavy atom. The molecule has 0 saturated carbocycles. The highest BCUT2D eigenvalue weighted by molar-refractivity contribution is 8.01. The Balaban J connectivity index is 2.00. The van der Waals surface area contributed by atoms with Gasteiger partial charge in [-0.15, -0.1) is 11.8 Å². The second-order valence-corrected chi connectivity index (χ2v) is 9.36. The first kappa shape index (κ1) is 18.3. The number of hydrogen-bond acceptors (Lipinski definition) is 6. The quantitative estimate of drug-likeness (QED) is 0.329. The number of β-lactam (4-membered cyclic amide) rings is 1. The molecule has 9 heteroatoms. The second-order valence-electron chi connectivity index (χ2n) is 7.07. The summed E-state index contributed by atoms with van der Waals surface area (Å²) in [5, 5.41) is -3.42. The fraction of sp³-hybridized carbons (Fsp3) is 0.786. The van der Waals surface area contributed by atoms with Crippen LogP contribution in [-0.4, -0.2) is 50.8 Å². The standard InChI is InChI=1S/C14H19ClFNO5S/c1-12(2,3)11(20)22-6-21-8(18)7-13(4,5)23-10-14(15,16)9(19)17(7)10/h7,10H,6H2,1-5H3/t7-,10-,14-/m0/s1. The molecule has 2 fully saturated rings. The molecular weight excluding hydrogens is 349 g/mol. The molecule has 23 heavy (non-hydrogen) atoms. The summed E-state index contributed by atoms with van der Waals surface area (Å²) < 4.78 is 23.0. The molecule has 1 amide bonds. The van der Waals surface area contributed by atoms with E-state index in [4.69, 9.17) is 21.1 Å². The van der Waals surface area contributed by atoms with E-state index in [1.54, 1.807) is 34.6 Å². The van der Waals surface area contributed by atoms with Crippen molar-refractivity contribution >= 4 is 41.2 Å². The SMILES string of the molecule is CC(C)(C)C(=O)OCOC(=O)[C@@H]1N2C(=O)[C@@](F)(Cl)[C@@H]2SC1(C)C. The average molecular weight is 368 g/mol. The van der Waals surface area contributed by atoms with Gasteiger partial charge in [0.1, 0.15) is 11.4 Å². The van der Waals surface area contributed by atoms with E-state index in [1.807, 2.05) is 0 Å². The zero-order valence-electron chi connectivity index (χ0n) is 13.5. The van der Waals surface area contributed by atoms with E-state index in [1.165, 1.54) is 0 Å². The van der Waals surface area contributed by atoms with Crippen molar-refractivity contribution in [2.45, 2.75) is 55.9 Å². The number of ether oxygens (including phenoxy) is 2. The summed E-state index contributed by atoms with van der Waals surface area (Å²) in [7, 11) is 0. The number of esters is 2. The summed E-state index contributed by atoms with van der Waals surface area (Å²) in [6.45, 7) is 7.84. The summed E-state index contributed by atoms with van der Waals surface area (Å²) in [5.41, 5.74) is -0.722. The van der Waals surface area contributed by atoms with Crippen LogP contribution in [0.2, 0.25) is 0 Å².